The lowest BCUT2D eigenvalue weighted by atomic mass is 9.79. The number of nitrogens with one attached hydrogen (secondary N) is 1. The third-order valence-corrected chi connectivity index (χ3v) is 9.67. The molecule has 4 atom stereocenters. The van der Waals surface area contributed by atoms with Gasteiger partial charge in [-0.2, -0.15) is 26.3 Å². The number of hydrogen-bond acceptors (Lipinski definition) is 4. The monoisotopic (exact) mass is 651 g/mol. The minimum Gasteiger partial charge on any atom is -0.598 e. The molecule has 1 N–H and O–H groups in total. The standard InChI is InChI=1S/C30H36F7N3O3S/c1-18-13-23(31)7-8-24(18)25-17-28(10-12-41,38-44(43)27(3,4)5)9-11-40(25)26(42)39(6)19(2)20-14-21(29(32,33)34)16-22(15-20)30(35,36)37/h7-8,12-16,19,25,38H,9-11,17H2,1-6H3/t19-,25-,28-,44?/m1/s1. The van der Waals surface area contributed by atoms with E-state index in [0.29, 0.717) is 29.5 Å². The van der Waals surface area contributed by atoms with Crippen molar-refractivity contribution in [2.75, 3.05) is 13.6 Å². The Morgan fingerprint density at radius 2 is 1.68 bits per heavy atom. The molecule has 0 saturated carbocycles. The van der Waals surface area contributed by atoms with Crippen LogP contribution in [0.15, 0.2) is 36.4 Å². The number of benzene rings is 2. The molecule has 6 nitrogen and oxygen atoms in total. The average molecular weight is 652 g/mol. The maximum Gasteiger partial charge on any atom is 0.416 e. The highest BCUT2D eigenvalue weighted by atomic mass is 32.2. The van der Waals surface area contributed by atoms with Gasteiger partial charge in [-0.3, -0.25) is 0 Å². The van der Waals surface area contributed by atoms with Crippen molar-refractivity contribution < 1.29 is 44.9 Å². The molecule has 1 unspecified atom stereocenters. The summed E-state index contributed by atoms with van der Waals surface area (Å²) in [6.45, 7) is 8.19. The zero-order valence-corrected chi connectivity index (χ0v) is 26.0. The molecule has 244 valence electrons. The van der Waals surface area contributed by atoms with Crippen molar-refractivity contribution in [3.8, 4) is 0 Å². The van der Waals surface area contributed by atoms with Gasteiger partial charge in [-0.15, -0.1) is 4.72 Å². The topological polar surface area (TPSA) is 75.7 Å². The second kappa shape index (κ2) is 12.9. The van der Waals surface area contributed by atoms with Crippen LogP contribution in [-0.2, 0) is 28.5 Å². The van der Waals surface area contributed by atoms with Gasteiger partial charge in [-0.25, -0.2) is 9.18 Å². The van der Waals surface area contributed by atoms with Gasteiger partial charge < -0.3 is 19.1 Å². The lowest BCUT2D eigenvalue weighted by Crippen LogP contribution is -2.60. The SMILES string of the molecule is Cc1cc(F)ccc1[C@H]1C[C@@](CC=O)(N[S+]([O-])C(C)(C)C)CCN1C(=O)N(C)[C@H](C)c1cc(C(F)(F)F)cc(C(F)(F)F)c1. The van der Waals surface area contributed by atoms with E-state index in [-0.39, 0.29) is 37.4 Å². The summed E-state index contributed by atoms with van der Waals surface area (Å²) in [5.74, 6) is -0.526. The summed E-state index contributed by atoms with van der Waals surface area (Å²) in [6, 6.07) is 2.43. The third kappa shape index (κ3) is 8.05. The zero-order valence-electron chi connectivity index (χ0n) is 25.2. The van der Waals surface area contributed by atoms with Crippen LogP contribution in [0.1, 0.15) is 86.9 Å². The van der Waals surface area contributed by atoms with Crippen LogP contribution in [0, 0.1) is 12.7 Å². The number of carbonyl (C=O) groups is 2. The van der Waals surface area contributed by atoms with E-state index in [4.69, 9.17) is 0 Å². The summed E-state index contributed by atoms with van der Waals surface area (Å²) in [4.78, 5) is 28.2. The van der Waals surface area contributed by atoms with Crippen molar-refractivity contribution in [2.24, 2.45) is 0 Å². The Morgan fingerprint density at radius 1 is 1.11 bits per heavy atom. The first kappa shape index (κ1) is 35.6. The fourth-order valence-electron chi connectivity index (χ4n) is 5.23. The molecule has 44 heavy (non-hydrogen) atoms. The number of hydrogen-bond donors (Lipinski definition) is 1. The fourth-order valence-corrected chi connectivity index (χ4v) is 6.20. The average Bonchev–Trinajstić information content (AvgIpc) is 2.90. The normalized spacial score (nSPS) is 21.1. The van der Waals surface area contributed by atoms with E-state index in [0.717, 1.165) is 4.90 Å². The van der Waals surface area contributed by atoms with Gasteiger partial charge in [0, 0.05) is 31.4 Å². The Balaban J connectivity index is 2.05. The van der Waals surface area contributed by atoms with E-state index in [9.17, 15) is 44.9 Å². The maximum absolute atomic E-state index is 14.1. The molecule has 2 amide bonds. The van der Waals surface area contributed by atoms with Crippen LogP contribution in [0.5, 0.6) is 0 Å². The summed E-state index contributed by atoms with van der Waals surface area (Å²) in [6.07, 6.45) is -9.24. The minimum atomic E-state index is -5.06. The van der Waals surface area contributed by atoms with E-state index in [2.05, 4.69) is 4.72 Å². The summed E-state index contributed by atoms with van der Waals surface area (Å²) < 4.78 is 111. The first-order chi connectivity index (χ1) is 20.1. The van der Waals surface area contributed by atoms with E-state index >= 15 is 0 Å². The Hall–Kier alpha value is -2.84. The highest BCUT2D eigenvalue weighted by Gasteiger charge is 2.47. The lowest BCUT2D eigenvalue weighted by molar-refractivity contribution is -0.143. The number of amides is 2. The predicted molar refractivity (Wildman–Crippen MR) is 152 cm³/mol. The summed E-state index contributed by atoms with van der Waals surface area (Å²) in [5, 5.41) is 0. The van der Waals surface area contributed by atoms with E-state index in [1.807, 2.05) is 0 Å². The maximum atomic E-state index is 14.1. The molecule has 2 aromatic rings. The number of alkyl halides is 6. The number of nitrogens with zero attached hydrogens (tertiary/aromatic N) is 2. The number of aryl methyl sites for hydroxylation is 1. The molecular formula is C30H36F7N3O3S. The molecule has 1 saturated heterocycles. The highest BCUT2D eigenvalue weighted by Crippen LogP contribution is 2.42. The van der Waals surface area contributed by atoms with Gasteiger partial charge in [-0.05, 0) is 94.5 Å². The first-order valence-corrected chi connectivity index (χ1v) is 15.0. The van der Waals surface area contributed by atoms with Crippen LogP contribution in [0.25, 0.3) is 0 Å². The molecule has 0 aromatic heterocycles. The number of halogens is 7. The van der Waals surface area contributed by atoms with Crippen LogP contribution in [-0.4, -0.2) is 50.5 Å². The molecule has 0 aliphatic carbocycles. The molecule has 0 spiro atoms. The van der Waals surface area contributed by atoms with Crippen LogP contribution < -0.4 is 4.72 Å². The van der Waals surface area contributed by atoms with E-state index in [1.165, 1.54) is 37.1 Å². The first-order valence-electron chi connectivity index (χ1n) is 13.8. The predicted octanol–water partition coefficient (Wildman–Crippen LogP) is 7.50. The number of carbonyl (C=O) groups excluding carboxylic acids is 2. The minimum absolute atomic E-state index is 0.00402. The molecule has 2 aromatic carbocycles. The molecule has 0 bridgehead atoms. The van der Waals surface area contributed by atoms with Crippen molar-refractivity contribution in [2.45, 2.75) is 88.6 Å². The van der Waals surface area contributed by atoms with Crippen molar-refractivity contribution in [3.05, 3.63) is 70.0 Å². The van der Waals surface area contributed by atoms with Crippen molar-refractivity contribution in [1.29, 1.82) is 0 Å². The van der Waals surface area contributed by atoms with Crippen molar-refractivity contribution in [3.63, 3.8) is 0 Å². The van der Waals surface area contributed by atoms with Crippen molar-refractivity contribution >= 4 is 23.7 Å². The Bertz CT molecular complexity index is 1330. The number of piperidine rings is 1. The van der Waals surface area contributed by atoms with Gasteiger partial charge in [0.15, 0.2) is 0 Å². The molecule has 14 heteroatoms. The van der Waals surface area contributed by atoms with Crippen molar-refractivity contribution in [1.82, 2.24) is 14.5 Å². The summed E-state index contributed by atoms with van der Waals surface area (Å²) in [5.41, 5.74) is -3.37. The van der Waals surface area contributed by atoms with Crippen LogP contribution >= 0.6 is 0 Å². The smallest absolute Gasteiger partial charge is 0.416 e. The lowest BCUT2D eigenvalue weighted by Gasteiger charge is -2.48. The molecule has 3 rings (SSSR count). The van der Waals surface area contributed by atoms with Gasteiger partial charge in [-0.1, -0.05) is 6.07 Å². The van der Waals surface area contributed by atoms with Crippen LogP contribution in [0.4, 0.5) is 35.5 Å². The Morgan fingerprint density at radius 3 is 2.16 bits per heavy atom. The van der Waals surface area contributed by atoms with Crippen LogP contribution in [0.3, 0.4) is 0 Å². The molecule has 1 fully saturated rings. The van der Waals surface area contributed by atoms with E-state index < -0.39 is 69.1 Å². The number of rotatable bonds is 7. The van der Waals surface area contributed by atoms with Gasteiger partial charge in [0.25, 0.3) is 0 Å². The Kier molecular flexibility index (Phi) is 10.4. The number of urea groups is 1. The van der Waals surface area contributed by atoms with Gasteiger partial charge in [0.1, 0.15) is 16.9 Å². The summed E-state index contributed by atoms with van der Waals surface area (Å²) >= 11 is -1.60. The molecular weight excluding hydrogens is 615 g/mol. The zero-order chi connectivity index (χ0) is 33.4. The number of aldehydes is 1. The van der Waals surface area contributed by atoms with Gasteiger partial charge >= 0.3 is 18.4 Å². The second-order valence-corrected chi connectivity index (χ2v) is 14.2. The third-order valence-electron chi connectivity index (χ3n) is 7.94. The molecule has 1 aliphatic heterocycles. The highest BCUT2D eigenvalue weighted by molar-refractivity contribution is 7.90. The molecule has 0 radical (unpaired) electrons. The number of likely N-dealkylation sites (tertiary alicyclic amines) is 1. The molecule has 1 heterocycles. The molecule has 1 aliphatic rings. The largest absolute Gasteiger partial charge is 0.598 e. The van der Waals surface area contributed by atoms with Crippen LogP contribution in [0.2, 0.25) is 0 Å². The van der Waals surface area contributed by atoms with Gasteiger partial charge in [0.05, 0.1) is 28.7 Å². The second-order valence-electron chi connectivity index (χ2n) is 12.2. The van der Waals surface area contributed by atoms with E-state index in [1.54, 1.807) is 27.7 Å². The van der Waals surface area contributed by atoms with Gasteiger partial charge in [0.2, 0.25) is 0 Å². The summed E-state index contributed by atoms with van der Waals surface area (Å²) in [7, 11) is 1.27. The Labute approximate surface area is 255 Å². The quantitative estimate of drug-likeness (QED) is 0.191. The fraction of sp³-hybridized carbons (Fsp3) is 0.533.